The SMILES string of the molecule is O/N=C(/c1ccccc1)C1Oc2ccccc2OCC1(O)c1ccccc1. The van der Waals surface area contributed by atoms with Gasteiger partial charge < -0.3 is 19.8 Å². The molecule has 5 nitrogen and oxygen atoms in total. The second kappa shape index (κ2) is 7.13. The first kappa shape index (κ1) is 17.1. The second-order valence-corrected chi connectivity index (χ2v) is 6.37. The summed E-state index contributed by atoms with van der Waals surface area (Å²) in [5.74, 6) is 1.01. The van der Waals surface area contributed by atoms with Gasteiger partial charge in [-0.25, -0.2) is 0 Å². The average Bonchev–Trinajstić information content (AvgIpc) is 2.88. The van der Waals surface area contributed by atoms with E-state index in [0.29, 0.717) is 22.6 Å². The average molecular weight is 361 g/mol. The molecule has 0 radical (unpaired) electrons. The Hall–Kier alpha value is -3.31. The fraction of sp³-hybridized carbons (Fsp3) is 0.136. The Balaban J connectivity index is 1.87. The van der Waals surface area contributed by atoms with Gasteiger partial charge in [-0.3, -0.25) is 0 Å². The van der Waals surface area contributed by atoms with Crippen LogP contribution in [0.4, 0.5) is 0 Å². The normalized spacial score (nSPS) is 22.1. The molecule has 2 unspecified atom stereocenters. The summed E-state index contributed by atoms with van der Waals surface area (Å²) < 4.78 is 12.0. The Labute approximate surface area is 157 Å². The van der Waals surface area contributed by atoms with Gasteiger partial charge in [-0.05, 0) is 17.7 Å². The highest BCUT2D eigenvalue weighted by atomic mass is 16.6. The molecule has 2 N–H and O–H groups in total. The van der Waals surface area contributed by atoms with Crippen molar-refractivity contribution in [1.82, 2.24) is 0 Å². The number of nitrogens with zero attached hydrogens (tertiary/aromatic N) is 1. The number of ether oxygens (including phenoxy) is 2. The molecule has 0 saturated heterocycles. The number of hydrogen-bond acceptors (Lipinski definition) is 5. The van der Waals surface area contributed by atoms with Crippen LogP contribution in [-0.4, -0.2) is 28.7 Å². The summed E-state index contributed by atoms with van der Waals surface area (Å²) in [6.07, 6.45) is -0.976. The molecule has 0 amide bonds. The maximum atomic E-state index is 11.7. The maximum absolute atomic E-state index is 11.7. The van der Waals surface area contributed by atoms with Gasteiger partial charge in [0.25, 0.3) is 0 Å². The lowest BCUT2D eigenvalue weighted by atomic mass is 9.84. The van der Waals surface area contributed by atoms with Gasteiger partial charge in [-0.15, -0.1) is 0 Å². The Morgan fingerprint density at radius 3 is 2.11 bits per heavy atom. The lowest BCUT2D eigenvalue weighted by Crippen LogP contribution is -2.51. The van der Waals surface area contributed by atoms with Crippen molar-refractivity contribution < 1.29 is 19.8 Å². The van der Waals surface area contributed by atoms with Crippen molar-refractivity contribution in [2.75, 3.05) is 6.61 Å². The van der Waals surface area contributed by atoms with Gasteiger partial charge in [-0.2, -0.15) is 0 Å². The van der Waals surface area contributed by atoms with E-state index < -0.39 is 11.7 Å². The number of para-hydroxylation sites is 2. The molecule has 2 atom stereocenters. The fourth-order valence-corrected chi connectivity index (χ4v) is 3.27. The van der Waals surface area contributed by atoms with Crippen LogP contribution >= 0.6 is 0 Å². The summed E-state index contributed by atoms with van der Waals surface area (Å²) in [6, 6.07) is 25.5. The van der Waals surface area contributed by atoms with E-state index in [4.69, 9.17) is 9.47 Å². The molecule has 0 fully saturated rings. The zero-order valence-corrected chi connectivity index (χ0v) is 14.5. The van der Waals surface area contributed by atoms with Gasteiger partial charge in [0.15, 0.2) is 23.2 Å². The summed E-state index contributed by atoms with van der Waals surface area (Å²) in [4.78, 5) is 0. The summed E-state index contributed by atoms with van der Waals surface area (Å²) >= 11 is 0. The van der Waals surface area contributed by atoms with Crippen molar-refractivity contribution in [3.8, 4) is 11.5 Å². The van der Waals surface area contributed by atoms with Gasteiger partial charge in [0.1, 0.15) is 12.3 Å². The molecule has 0 aromatic heterocycles. The van der Waals surface area contributed by atoms with Gasteiger partial charge in [0.2, 0.25) is 0 Å². The lowest BCUT2D eigenvalue weighted by Gasteiger charge is -2.34. The van der Waals surface area contributed by atoms with Crippen molar-refractivity contribution in [3.63, 3.8) is 0 Å². The molecule has 0 aliphatic carbocycles. The molecule has 1 heterocycles. The van der Waals surface area contributed by atoms with Crippen LogP contribution < -0.4 is 9.47 Å². The Morgan fingerprint density at radius 1 is 0.852 bits per heavy atom. The van der Waals surface area contributed by atoms with Crippen molar-refractivity contribution in [3.05, 3.63) is 96.1 Å². The minimum absolute atomic E-state index is 0.0510. The van der Waals surface area contributed by atoms with Crippen LogP contribution in [0.1, 0.15) is 11.1 Å². The highest BCUT2D eigenvalue weighted by Gasteiger charge is 2.47. The molecule has 3 aromatic rings. The monoisotopic (exact) mass is 361 g/mol. The number of oxime groups is 1. The van der Waals surface area contributed by atoms with E-state index in [1.54, 1.807) is 24.3 Å². The van der Waals surface area contributed by atoms with E-state index in [2.05, 4.69) is 5.16 Å². The highest BCUT2D eigenvalue weighted by molar-refractivity contribution is 6.04. The first-order chi connectivity index (χ1) is 13.2. The van der Waals surface area contributed by atoms with Gasteiger partial charge in [0.05, 0.1) is 0 Å². The zero-order chi connectivity index (χ0) is 18.7. The molecule has 4 rings (SSSR count). The summed E-state index contributed by atoms with van der Waals surface area (Å²) in [5.41, 5.74) is -0.0709. The number of rotatable bonds is 3. The quantitative estimate of drug-likeness (QED) is 0.425. The van der Waals surface area contributed by atoms with E-state index in [1.807, 2.05) is 60.7 Å². The highest BCUT2D eigenvalue weighted by Crippen LogP contribution is 2.39. The van der Waals surface area contributed by atoms with Crippen LogP contribution in [0.15, 0.2) is 90.1 Å². The number of hydrogen-bond donors (Lipinski definition) is 2. The van der Waals surface area contributed by atoms with Crippen LogP contribution in [-0.2, 0) is 5.60 Å². The zero-order valence-electron chi connectivity index (χ0n) is 14.5. The predicted molar refractivity (Wildman–Crippen MR) is 101 cm³/mol. The third-order valence-electron chi connectivity index (χ3n) is 4.67. The summed E-state index contributed by atoms with van der Waals surface area (Å²) in [6.45, 7) is -0.0510. The Morgan fingerprint density at radius 2 is 1.44 bits per heavy atom. The predicted octanol–water partition coefficient (Wildman–Crippen LogP) is 3.59. The molecular formula is C22H19NO4. The van der Waals surface area contributed by atoms with Gasteiger partial charge in [0, 0.05) is 5.56 Å². The second-order valence-electron chi connectivity index (χ2n) is 6.37. The molecule has 3 aromatic carbocycles. The summed E-state index contributed by atoms with van der Waals surface area (Å²) in [5, 5.41) is 25.0. The summed E-state index contributed by atoms with van der Waals surface area (Å²) in [7, 11) is 0. The van der Waals surface area contributed by atoms with E-state index in [9.17, 15) is 10.3 Å². The number of benzene rings is 3. The largest absolute Gasteiger partial charge is 0.486 e. The third kappa shape index (κ3) is 3.13. The molecule has 5 heteroatoms. The fourth-order valence-electron chi connectivity index (χ4n) is 3.27. The van der Waals surface area contributed by atoms with Crippen molar-refractivity contribution >= 4 is 5.71 Å². The molecule has 0 saturated carbocycles. The Bertz CT molecular complexity index is 943. The van der Waals surface area contributed by atoms with Gasteiger partial charge in [-0.1, -0.05) is 78.0 Å². The molecule has 1 aliphatic heterocycles. The van der Waals surface area contributed by atoms with Crippen molar-refractivity contribution in [1.29, 1.82) is 0 Å². The van der Waals surface area contributed by atoms with Gasteiger partial charge >= 0.3 is 0 Å². The van der Waals surface area contributed by atoms with E-state index in [-0.39, 0.29) is 12.3 Å². The maximum Gasteiger partial charge on any atom is 0.181 e. The van der Waals surface area contributed by atoms with Crippen LogP contribution in [0.5, 0.6) is 11.5 Å². The lowest BCUT2D eigenvalue weighted by molar-refractivity contribution is -0.0566. The molecule has 0 spiro atoms. The molecule has 1 aliphatic rings. The first-order valence-corrected chi connectivity index (χ1v) is 8.66. The molecule has 27 heavy (non-hydrogen) atoms. The van der Waals surface area contributed by atoms with Crippen LogP contribution in [0.2, 0.25) is 0 Å². The Kier molecular flexibility index (Phi) is 4.52. The number of fused-ring (bicyclic) bond motifs is 1. The minimum Gasteiger partial charge on any atom is -0.486 e. The topological polar surface area (TPSA) is 71.3 Å². The number of aliphatic hydroxyl groups is 1. The standard InChI is InChI=1S/C22H19NO4/c24-22(17-11-5-2-6-12-17)15-26-18-13-7-8-14-19(18)27-21(22)20(23-25)16-9-3-1-4-10-16/h1-14,21,24-25H,15H2/b23-20-. The van der Waals surface area contributed by atoms with E-state index >= 15 is 0 Å². The van der Waals surface area contributed by atoms with Crippen molar-refractivity contribution in [2.24, 2.45) is 5.16 Å². The molecule has 0 bridgehead atoms. The smallest absolute Gasteiger partial charge is 0.181 e. The van der Waals surface area contributed by atoms with E-state index in [0.717, 1.165) is 0 Å². The van der Waals surface area contributed by atoms with Crippen LogP contribution in [0, 0.1) is 0 Å². The van der Waals surface area contributed by atoms with Crippen molar-refractivity contribution in [2.45, 2.75) is 11.7 Å². The minimum atomic E-state index is -1.56. The molecular weight excluding hydrogens is 342 g/mol. The third-order valence-corrected chi connectivity index (χ3v) is 4.67. The molecule has 136 valence electrons. The first-order valence-electron chi connectivity index (χ1n) is 8.66. The van der Waals surface area contributed by atoms with Crippen LogP contribution in [0.25, 0.3) is 0 Å². The van der Waals surface area contributed by atoms with Crippen LogP contribution in [0.3, 0.4) is 0 Å². The van der Waals surface area contributed by atoms with E-state index in [1.165, 1.54) is 0 Å².